The summed E-state index contributed by atoms with van der Waals surface area (Å²) in [5.74, 6) is 0. The summed E-state index contributed by atoms with van der Waals surface area (Å²) in [5, 5.41) is 16.7. The van der Waals surface area contributed by atoms with Crippen LogP contribution in [0.4, 0.5) is 4.79 Å². The molecule has 0 aliphatic heterocycles. The molecule has 5 nitrogen and oxygen atoms in total. The molecule has 0 heterocycles. The maximum Gasteiger partial charge on any atom is 1.00 e. The minimum atomic E-state index is -2.33. The van der Waals surface area contributed by atoms with Crippen LogP contribution in [-0.2, 0) is 4.79 Å². The van der Waals surface area contributed by atoms with Gasteiger partial charge in [0.05, 0.1) is 0 Å². The first kappa shape index (κ1) is 23.1. The van der Waals surface area contributed by atoms with Gasteiger partial charge >= 0.3 is 103 Å². The SMILES string of the molecule is CN(C)C=O.O=C([O-])[O-].[K+].[K+]. The van der Waals surface area contributed by atoms with Gasteiger partial charge in [0.2, 0.25) is 6.41 Å². The van der Waals surface area contributed by atoms with Crippen molar-refractivity contribution in [2.75, 3.05) is 14.1 Å². The summed E-state index contributed by atoms with van der Waals surface area (Å²) in [6.07, 6.45) is -1.58. The standard InChI is InChI=1S/C3H7NO.CH2O3.2K/c1-4(2)3-5;2-1(3)4;;/h3H,1-2H3;(H2,2,3,4);;/q;;2*+1/p-2. The molecule has 54 valence electrons. The van der Waals surface area contributed by atoms with Crippen LogP contribution in [0, 0.1) is 0 Å². The average molecular weight is 211 g/mol. The predicted octanol–water partition coefficient (Wildman–Crippen LogP) is -8.73. The first-order valence-electron chi connectivity index (χ1n) is 2.00. The zero-order valence-electron chi connectivity index (χ0n) is 7.16. The zero-order valence-corrected chi connectivity index (χ0v) is 13.4. The molecule has 0 saturated carbocycles. The number of nitrogens with zero attached hydrogens (tertiary/aromatic N) is 1. The van der Waals surface area contributed by atoms with Crippen molar-refractivity contribution in [3.8, 4) is 0 Å². The molecule has 0 saturated heterocycles. The summed E-state index contributed by atoms with van der Waals surface area (Å²) in [6, 6.07) is 0. The Kier molecular flexibility index (Phi) is 37.7. The molecule has 7 heteroatoms. The van der Waals surface area contributed by atoms with E-state index in [9.17, 15) is 4.79 Å². The molecule has 0 spiro atoms. The van der Waals surface area contributed by atoms with Gasteiger partial charge < -0.3 is 19.9 Å². The van der Waals surface area contributed by atoms with E-state index in [1.54, 1.807) is 14.1 Å². The van der Waals surface area contributed by atoms with Crippen molar-refractivity contribution < 1.29 is 123 Å². The van der Waals surface area contributed by atoms with E-state index in [1.807, 2.05) is 0 Å². The van der Waals surface area contributed by atoms with Crippen molar-refractivity contribution >= 4 is 12.6 Å². The van der Waals surface area contributed by atoms with Gasteiger partial charge in [-0.05, 0) is 6.16 Å². The Morgan fingerprint density at radius 2 is 1.36 bits per heavy atom. The van der Waals surface area contributed by atoms with Crippen molar-refractivity contribution in [2.45, 2.75) is 0 Å². The fourth-order valence-electron chi connectivity index (χ4n) is 0. The maximum absolute atomic E-state index is 9.43. The Morgan fingerprint density at radius 1 is 1.27 bits per heavy atom. The fourth-order valence-corrected chi connectivity index (χ4v) is 0. The zero-order chi connectivity index (χ0) is 7.86. The number of carbonyl (C=O) groups is 2. The molecule has 0 radical (unpaired) electrons. The van der Waals surface area contributed by atoms with Gasteiger partial charge in [-0.25, -0.2) is 0 Å². The second-order valence-electron chi connectivity index (χ2n) is 1.32. The van der Waals surface area contributed by atoms with E-state index in [2.05, 4.69) is 0 Å². The molecule has 0 aromatic heterocycles. The monoisotopic (exact) mass is 211 g/mol. The number of rotatable bonds is 1. The molecule has 0 aliphatic carbocycles. The summed E-state index contributed by atoms with van der Waals surface area (Å²) >= 11 is 0. The van der Waals surface area contributed by atoms with Gasteiger partial charge in [-0.2, -0.15) is 0 Å². The molecular formula is C4H7K2NO4. The quantitative estimate of drug-likeness (QED) is 0.318. The van der Waals surface area contributed by atoms with Gasteiger partial charge in [0.1, 0.15) is 0 Å². The summed E-state index contributed by atoms with van der Waals surface area (Å²) < 4.78 is 0. The van der Waals surface area contributed by atoms with E-state index in [0.717, 1.165) is 6.41 Å². The van der Waals surface area contributed by atoms with Crippen LogP contribution in [0.1, 0.15) is 0 Å². The summed E-state index contributed by atoms with van der Waals surface area (Å²) in [7, 11) is 3.38. The van der Waals surface area contributed by atoms with Crippen LogP contribution >= 0.6 is 0 Å². The van der Waals surface area contributed by atoms with Crippen molar-refractivity contribution in [1.29, 1.82) is 0 Å². The van der Waals surface area contributed by atoms with Crippen molar-refractivity contribution in [3.63, 3.8) is 0 Å². The van der Waals surface area contributed by atoms with E-state index in [0.29, 0.717) is 0 Å². The Balaban J connectivity index is -0.0000000383. The van der Waals surface area contributed by atoms with Crippen LogP contribution in [0.25, 0.3) is 0 Å². The number of carboxylic acid groups (broad SMARTS) is 2. The third-order valence-corrected chi connectivity index (χ3v) is 0.211. The molecule has 0 aromatic rings. The Hall–Kier alpha value is 2.01. The molecule has 0 atom stereocenters. The number of amides is 1. The Bertz CT molecular complexity index is 94.1. The van der Waals surface area contributed by atoms with Crippen molar-refractivity contribution in [1.82, 2.24) is 4.90 Å². The van der Waals surface area contributed by atoms with Gasteiger partial charge in [-0.15, -0.1) is 0 Å². The Labute approximate surface area is 150 Å². The van der Waals surface area contributed by atoms with Crippen molar-refractivity contribution in [2.24, 2.45) is 0 Å². The largest absolute Gasteiger partial charge is 1.00 e. The van der Waals surface area contributed by atoms with E-state index in [-0.39, 0.29) is 103 Å². The predicted molar refractivity (Wildman–Crippen MR) is 25.1 cm³/mol. The fraction of sp³-hybridized carbons (Fsp3) is 0.500. The maximum atomic E-state index is 9.43. The Morgan fingerprint density at radius 3 is 1.36 bits per heavy atom. The molecule has 0 fully saturated rings. The molecule has 0 aromatic carbocycles. The van der Waals surface area contributed by atoms with Crippen LogP contribution in [-0.4, -0.2) is 31.6 Å². The van der Waals surface area contributed by atoms with E-state index < -0.39 is 6.16 Å². The number of hydrogen-bond donors (Lipinski definition) is 0. The topological polar surface area (TPSA) is 83.5 Å². The van der Waals surface area contributed by atoms with E-state index >= 15 is 0 Å². The first-order valence-corrected chi connectivity index (χ1v) is 2.00. The van der Waals surface area contributed by atoms with E-state index in [4.69, 9.17) is 15.0 Å². The van der Waals surface area contributed by atoms with Crippen LogP contribution in [0.3, 0.4) is 0 Å². The van der Waals surface area contributed by atoms with Gasteiger partial charge in [0, 0.05) is 14.1 Å². The summed E-state index contributed by atoms with van der Waals surface area (Å²) in [6.45, 7) is 0. The molecule has 0 N–H and O–H groups in total. The molecule has 0 rings (SSSR count). The summed E-state index contributed by atoms with van der Waals surface area (Å²) in [4.78, 5) is 19.2. The van der Waals surface area contributed by atoms with Crippen molar-refractivity contribution in [3.05, 3.63) is 0 Å². The molecule has 1 amide bonds. The van der Waals surface area contributed by atoms with Crippen LogP contribution < -0.4 is 113 Å². The van der Waals surface area contributed by atoms with Gasteiger partial charge in [-0.1, -0.05) is 0 Å². The average Bonchev–Trinajstić information content (AvgIpc) is 1.65. The molecule has 0 unspecified atom stereocenters. The normalized spacial score (nSPS) is 5.27. The molecule has 0 bridgehead atoms. The van der Waals surface area contributed by atoms with Crippen LogP contribution in [0.5, 0.6) is 0 Å². The van der Waals surface area contributed by atoms with E-state index in [1.165, 1.54) is 4.90 Å². The minimum absolute atomic E-state index is 0. The minimum Gasteiger partial charge on any atom is -0.652 e. The van der Waals surface area contributed by atoms with Crippen LogP contribution in [0.15, 0.2) is 0 Å². The third kappa shape index (κ3) is 74.8. The first-order chi connectivity index (χ1) is 4.00. The summed E-state index contributed by atoms with van der Waals surface area (Å²) in [5.41, 5.74) is 0. The van der Waals surface area contributed by atoms with Gasteiger partial charge in [-0.3, -0.25) is 4.79 Å². The second kappa shape index (κ2) is 17.9. The van der Waals surface area contributed by atoms with Crippen LogP contribution in [0.2, 0.25) is 0 Å². The molecule has 0 aliphatic rings. The second-order valence-corrected chi connectivity index (χ2v) is 1.32. The molecule has 11 heavy (non-hydrogen) atoms. The third-order valence-electron chi connectivity index (χ3n) is 0.211. The number of carbonyl (C=O) groups excluding carboxylic acids is 2. The van der Waals surface area contributed by atoms with Gasteiger partial charge in [0.25, 0.3) is 0 Å². The van der Waals surface area contributed by atoms with Gasteiger partial charge in [0.15, 0.2) is 0 Å². The molecular weight excluding hydrogens is 204 g/mol. The number of hydrogen-bond acceptors (Lipinski definition) is 4. The smallest absolute Gasteiger partial charge is 0.652 e.